The lowest BCUT2D eigenvalue weighted by atomic mass is 10.2. The Morgan fingerprint density at radius 3 is 2.65 bits per heavy atom. The Labute approximate surface area is 133 Å². The molecule has 2 aromatic carbocycles. The summed E-state index contributed by atoms with van der Waals surface area (Å²) < 4.78 is 7.15. The summed E-state index contributed by atoms with van der Waals surface area (Å²) in [6.07, 6.45) is 0. The minimum absolute atomic E-state index is 0.142. The van der Waals surface area contributed by atoms with Gasteiger partial charge in [0, 0.05) is 0 Å². The third-order valence-corrected chi connectivity index (χ3v) is 3.35. The van der Waals surface area contributed by atoms with Gasteiger partial charge in [0.1, 0.15) is 12.4 Å². The Kier molecular flexibility index (Phi) is 4.10. The molecule has 0 aliphatic rings. The number of para-hydroxylation sites is 1. The molecule has 23 heavy (non-hydrogen) atoms. The molecule has 116 valence electrons. The summed E-state index contributed by atoms with van der Waals surface area (Å²) in [6, 6.07) is 18.6. The van der Waals surface area contributed by atoms with E-state index in [1.165, 1.54) is 4.68 Å². The highest BCUT2D eigenvalue weighted by molar-refractivity contribution is 5.86. The molecule has 3 rings (SSSR count). The Morgan fingerprint density at radius 1 is 1.13 bits per heavy atom. The van der Waals surface area contributed by atoms with Crippen molar-refractivity contribution in [1.29, 1.82) is 0 Å². The van der Waals surface area contributed by atoms with Gasteiger partial charge in [0.25, 0.3) is 0 Å². The van der Waals surface area contributed by atoms with Crippen LogP contribution in [-0.4, -0.2) is 20.9 Å². The molecule has 0 saturated heterocycles. The summed E-state index contributed by atoms with van der Waals surface area (Å²) in [4.78, 5) is 11.3. The Bertz CT molecular complexity index is 825. The molecule has 0 saturated carbocycles. The summed E-state index contributed by atoms with van der Waals surface area (Å²) in [5, 5.41) is 13.5. The molecule has 0 unspecified atom stereocenters. The average Bonchev–Trinajstić information content (AvgIpc) is 2.96. The summed E-state index contributed by atoms with van der Waals surface area (Å²) >= 11 is 0. The van der Waals surface area contributed by atoms with Crippen molar-refractivity contribution in [3.63, 3.8) is 0 Å². The second-order valence-corrected chi connectivity index (χ2v) is 5.16. The van der Waals surface area contributed by atoms with Crippen LogP contribution in [0.15, 0.2) is 60.7 Å². The van der Waals surface area contributed by atoms with Crippen LogP contribution in [0, 0.1) is 6.92 Å². The van der Waals surface area contributed by atoms with Crippen LogP contribution >= 0.6 is 0 Å². The molecule has 0 amide bonds. The number of aromatic nitrogens is 2. The van der Waals surface area contributed by atoms with Crippen molar-refractivity contribution in [2.24, 2.45) is 0 Å². The maximum absolute atomic E-state index is 11.3. The van der Waals surface area contributed by atoms with Crippen molar-refractivity contribution in [2.75, 3.05) is 0 Å². The molecule has 0 fully saturated rings. The van der Waals surface area contributed by atoms with E-state index in [0.29, 0.717) is 18.0 Å². The minimum Gasteiger partial charge on any atom is -0.489 e. The van der Waals surface area contributed by atoms with Crippen LogP contribution in [0.1, 0.15) is 21.7 Å². The van der Waals surface area contributed by atoms with E-state index in [-0.39, 0.29) is 5.69 Å². The first-order chi connectivity index (χ1) is 11.1. The fourth-order valence-electron chi connectivity index (χ4n) is 2.31. The van der Waals surface area contributed by atoms with Gasteiger partial charge in [-0.25, -0.2) is 9.48 Å². The maximum atomic E-state index is 11.3. The number of aryl methyl sites for hydroxylation is 1. The first-order valence-electron chi connectivity index (χ1n) is 7.20. The molecule has 0 aliphatic heterocycles. The van der Waals surface area contributed by atoms with E-state index in [2.05, 4.69) is 5.10 Å². The molecule has 3 aromatic rings. The van der Waals surface area contributed by atoms with Gasteiger partial charge >= 0.3 is 5.97 Å². The highest BCUT2D eigenvalue weighted by Gasteiger charge is 2.14. The lowest BCUT2D eigenvalue weighted by molar-refractivity contribution is 0.0687. The lowest BCUT2D eigenvalue weighted by Crippen LogP contribution is -2.08. The number of nitrogens with zero attached hydrogens (tertiary/aromatic N) is 2. The number of carboxylic acid groups (broad SMARTS) is 1. The van der Waals surface area contributed by atoms with Gasteiger partial charge in [0.15, 0.2) is 5.69 Å². The number of carbonyl (C=O) groups is 1. The van der Waals surface area contributed by atoms with Crippen molar-refractivity contribution in [2.45, 2.75) is 13.5 Å². The van der Waals surface area contributed by atoms with E-state index in [9.17, 15) is 9.90 Å². The van der Waals surface area contributed by atoms with Gasteiger partial charge in [0.05, 0.1) is 11.4 Å². The van der Waals surface area contributed by atoms with E-state index in [1.54, 1.807) is 13.0 Å². The normalized spacial score (nSPS) is 10.5. The summed E-state index contributed by atoms with van der Waals surface area (Å²) in [7, 11) is 0. The van der Waals surface area contributed by atoms with Gasteiger partial charge in [-0.1, -0.05) is 30.3 Å². The number of hydrogen-bond donors (Lipinski definition) is 1. The molecule has 1 heterocycles. The van der Waals surface area contributed by atoms with Gasteiger partial charge in [-0.05, 0) is 42.8 Å². The average molecular weight is 308 g/mol. The van der Waals surface area contributed by atoms with Crippen LogP contribution < -0.4 is 4.74 Å². The molecular weight excluding hydrogens is 292 g/mol. The van der Waals surface area contributed by atoms with Crippen LogP contribution in [0.2, 0.25) is 0 Å². The number of hydrogen-bond acceptors (Lipinski definition) is 3. The minimum atomic E-state index is -1.00. The number of rotatable bonds is 5. The van der Waals surface area contributed by atoms with E-state index in [4.69, 9.17) is 4.74 Å². The number of ether oxygens (including phenoxy) is 1. The van der Waals surface area contributed by atoms with Gasteiger partial charge < -0.3 is 9.84 Å². The fourth-order valence-corrected chi connectivity index (χ4v) is 2.31. The first-order valence-corrected chi connectivity index (χ1v) is 7.20. The predicted molar refractivity (Wildman–Crippen MR) is 86.0 cm³/mol. The van der Waals surface area contributed by atoms with Gasteiger partial charge in [-0.3, -0.25) is 0 Å². The van der Waals surface area contributed by atoms with E-state index >= 15 is 0 Å². The van der Waals surface area contributed by atoms with Crippen molar-refractivity contribution in [3.05, 3.63) is 77.6 Å². The molecule has 0 atom stereocenters. The Morgan fingerprint density at radius 2 is 1.91 bits per heavy atom. The standard InChI is InChI=1S/C18H16N2O3/c1-13-10-17(18(21)22)20(19-13)15-7-5-6-14(11-15)12-23-16-8-3-2-4-9-16/h2-11H,12H2,1H3,(H,21,22). The van der Waals surface area contributed by atoms with E-state index < -0.39 is 5.97 Å². The third kappa shape index (κ3) is 3.40. The largest absolute Gasteiger partial charge is 0.489 e. The monoisotopic (exact) mass is 308 g/mol. The number of carboxylic acids is 1. The van der Waals surface area contributed by atoms with Gasteiger partial charge in [-0.15, -0.1) is 0 Å². The van der Waals surface area contributed by atoms with Gasteiger partial charge in [0.2, 0.25) is 0 Å². The van der Waals surface area contributed by atoms with Crippen LogP contribution in [0.5, 0.6) is 5.75 Å². The molecule has 1 aromatic heterocycles. The number of benzene rings is 2. The van der Waals surface area contributed by atoms with Crippen LogP contribution in [0.25, 0.3) is 5.69 Å². The Balaban J connectivity index is 1.84. The Hall–Kier alpha value is -3.08. The molecule has 0 bridgehead atoms. The smallest absolute Gasteiger partial charge is 0.354 e. The highest BCUT2D eigenvalue weighted by Crippen LogP contribution is 2.17. The van der Waals surface area contributed by atoms with Crippen molar-refractivity contribution < 1.29 is 14.6 Å². The molecule has 5 heteroatoms. The number of aromatic carboxylic acids is 1. The third-order valence-electron chi connectivity index (χ3n) is 3.35. The molecule has 1 N–H and O–H groups in total. The second-order valence-electron chi connectivity index (χ2n) is 5.16. The molecule has 0 radical (unpaired) electrons. The molecular formula is C18H16N2O3. The zero-order valence-electron chi connectivity index (χ0n) is 12.6. The second kappa shape index (κ2) is 6.36. The summed E-state index contributed by atoms with van der Waals surface area (Å²) in [5.74, 6) is -0.212. The zero-order valence-corrected chi connectivity index (χ0v) is 12.6. The van der Waals surface area contributed by atoms with Crippen molar-refractivity contribution in [1.82, 2.24) is 9.78 Å². The van der Waals surface area contributed by atoms with Crippen LogP contribution in [0.4, 0.5) is 0 Å². The van der Waals surface area contributed by atoms with E-state index in [0.717, 1.165) is 11.3 Å². The SMILES string of the molecule is Cc1cc(C(=O)O)n(-c2cccc(COc3ccccc3)c2)n1. The predicted octanol–water partition coefficient (Wildman–Crippen LogP) is 3.46. The topological polar surface area (TPSA) is 64.3 Å². The first kappa shape index (κ1) is 14.8. The van der Waals surface area contributed by atoms with E-state index in [1.807, 2.05) is 54.6 Å². The van der Waals surface area contributed by atoms with Crippen LogP contribution in [-0.2, 0) is 6.61 Å². The fraction of sp³-hybridized carbons (Fsp3) is 0.111. The maximum Gasteiger partial charge on any atom is 0.354 e. The molecule has 0 spiro atoms. The lowest BCUT2D eigenvalue weighted by Gasteiger charge is -2.09. The molecule has 0 aliphatic carbocycles. The van der Waals surface area contributed by atoms with Crippen LogP contribution in [0.3, 0.4) is 0 Å². The van der Waals surface area contributed by atoms with Crippen molar-refractivity contribution >= 4 is 5.97 Å². The summed E-state index contributed by atoms with van der Waals surface area (Å²) in [5.41, 5.74) is 2.44. The molecule has 5 nitrogen and oxygen atoms in total. The van der Waals surface area contributed by atoms with Gasteiger partial charge in [-0.2, -0.15) is 5.10 Å². The zero-order chi connectivity index (χ0) is 16.2. The quantitative estimate of drug-likeness (QED) is 0.784. The summed E-state index contributed by atoms with van der Waals surface area (Å²) in [6.45, 7) is 2.17. The highest BCUT2D eigenvalue weighted by atomic mass is 16.5. The van der Waals surface area contributed by atoms with Crippen molar-refractivity contribution in [3.8, 4) is 11.4 Å².